The molecule has 0 bridgehead atoms. The molecule has 0 aliphatic carbocycles. The van der Waals surface area contributed by atoms with Gasteiger partial charge in [0.2, 0.25) is 5.91 Å². The first-order valence-electron chi connectivity index (χ1n) is 6.54. The summed E-state index contributed by atoms with van der Waals surface area (Å²) in [6.45, 7) is 6.24. The number of imidazole rings is 1. The maximum absolute atomic E-state index is 11.6. The molecule has 0 atom stereocenters. The number of ether oxygens (including phenoxy) is 1. The Balaban J connectivity index is 2.01. The van der Waals surface area contributed by atoms with Crippen molar-refractivity contribution in [3.63, 3.8) is 0 Å². The lowest BCUT2D eigenvalue weighted by Crippen LogP contribution is -2.29. The third-order valence-electron chi connectivity index (χ3n) is 2.52. The summed E-state index contributed by atoms with van der Waals surface area (Å²) in [5, 5.41) is 3.68. The summed E-state index contributed by atoms with van der Waals surface area (Å²) >= 11 is 1.43. The Morgan fingerprint density at radius 2 is 2.32 bits per heavy atom. The van der Waals surface area contributed by atoms with Crippen LogP contribution in [0, 0.1) is 5.92 Å². The first kappa shape index (κ1) is 16.0. The number of rotatable bonds is 9. The molecule has 1 aromatic heterocycles. The van der Waals surface area contributed by atoms with Crippen molar-refractivity contribution in [2.75, 3.05) is 25.5 Å². The van der Waals surface area contributed by atoms with E-state index in [1.54, 1.807) is 6.20 Å². The lowest BCUT2D eigenvalue weighted by atomic mass is 10.1. The number of carbonyl (C=O) groups is 1. The first-order valence-corrected chi connectivity index (χ1v) is 7.52. The summed E-state index contributed by atoms with van der Waals surface area (Å²) in [5.74, 6) is 1.06. The second-order valence-electron chi connectivity index (χ2n) is 4.75. The van der Waals surface area contributed by atoms with Crippen LogP contribution in [0.1, 0.15) is 20.3 Å². The zero-order valence-corrected chi connectivity index (χ0v) is 12.7. The van der Waals surface area contributed by atoms with Crippen molar-refractivity contribution in [2.45, 2.75) is 25.4 Å². The Hall–Kier alpha value is -1.01. The lowest BCUT2D eigenvalue weighted by Gasteiger charge is -2.07. The first-order chi connectivity index (χ1) is 9.09. The molecule has 0 aromatic carbocycles. The fourth-order valence-corrected chi connectivity index (χ4v) is 2.12. The second kappa shape index (κ2) is 8.98. The van der Waals surface area contributed by atoms with Crippen molar-refractivity contribution in [1.82, 2.24) is 14.9 Å². The molecule has 0 aliphatic heterocycles. The van der Waals surface area contributed by atoms with E-state index in [0.29, 0.717) is 24.8 Å². The summed E-state index contributed by atoms with van der Waals surface area (Å²) in [6, 6.07) is 0. The van der Waals surface area contributed by atoms with Gasteiger partial charge in [0.1, 0.15) is 0 Å². The quantitative estimate of drug-likeness (QED) is 0.554. The molecule has 1 amide bonds. The molecule has 0 saturated carbocycles. The number of aryl methyl sites for hydroxylation is 1. The SMILES string of the molecule is CC(C)CCOCCNC(=O)CSc1nccn1C. The van der Waals surface area contributed by atoms with Crippen molar-refractivity contribution >= 4 is 17.7 Å². The number of thioether (sulfide) groups is 1. The zero-order valence-electron chi connectivity index (χ0n) is 11.9. The number of hydrogen-bond donors (Lipinski definition) is 1. The molecule has 0 saturated heterocycles. The topological polar surface area (TPSA) is 56.1 Å². The van der Waals surface area contributed by atoms with Crippen LogP contribution in [0.5, 0.6) is 0 Å². The standard InChI is InChI=1S/C13H23N3O2S/c1-11(2)4-8-18-9-6-14-12(17)10-19-13-15-5-7-16(13)3/h5,7,11H,4,6,8-10H2,1-3H3,(H,14,17). The fourth-order valence-electron chi connectivity index (χ4n) is 1.36. The van der Waals surface area contributed by atoms with E-state index in [9.17, 15) is 4.79 Å². The van der Waals surface area contributed by atoms with Gasteiger partial charge in [0.05, 0.1) is 12.4 Å². The Kier molecular flexibility index (Phi) is 7.59. The van der Waals surface area contributed by atoms with E-state index in [2.05, 4.69) is 24.1 Å². The molecule has 5 nitrogen and oxygen atoms in total. The average Bonchev–Trinajstić information content (AvgIpc) is 2.76. The predicted molar refractivity (Wildman–Crippen MR) is 77.2 cm³/mol. The van der Waals surface area contributed by atoms with Gasteiger partial charge in [-0.25, -0.2) is 4.98 Å². The molecular weight excluding hydrogens is 262 g/mol. The summed E-state index contributed by atoms with van der Waals surface area (Å²) in [6.07, 6.45) is 4.65. The smallest absolute Gasteiger partial charge is 0.230 e. The summed E-state index contributed by atoms with van der Waals surface area (Å²) in [4.78, 5) is 15.7. The Labute approximate surface area is 119 Å². The number of nitrogens with one attached hydrogen (secondary N) is 1. The Morgan fingerprint density at radius 1 is 1.53 bits per heavy atom. The molecule has 108 valence electrons. The number of hydrogen-bond acceptors (Lipinski definition) is 4. The minimum atomic E-state index is 0.0143. The molecular formula is C13H23N3O2S. The van der Waals surface area contributed by atoms with Crippen molar-refractivity contribution < 1.29 is 9.53 Å². The van der Waals surface area contributed by atoms with E-state index >= 15 is 0 Å². The second-order valence-corrected chi connectivity index (χ2v) is 5.70. The number of nitrogens with zero attached hydrogens (tertiary/aromatic N) is 2. The molecule has 19 heavy (non-hydrogen) atoms. The van der Waals surface area contributed by atoms with Crippen LogP contribution in [0.3, 0.4) is 0 Å². The van der Waals surface area contributed by atoms with Crippen molar-refractivity contribution in [3.8, 4) is 0 Å². The van der Waals surface area contributed by atoms with E-state index in [-0.39, 0.29) is 5.91 Å². The van der Waals surface area contributed by atoms with E-state index in [1.807, 2.05) is 17.8 Å². The molecule has 0 aliphatic rings. The molecule has 0 spiro atoms. The molecule has 6 heteroatoms. The highest BCUT2D eigenvalue weighted by Crippen LogP contribution is 2.13. The minimum absolute atomic E-state index is 0.0143. The van der Waals surface area contributed by atoms with Crippen LogP contribution in [-0.2, 0) is 16.6 Å². The van der Waals surface area contributed by atoms with Gasteiger partial charge in [-0.2, -0.15) is 0 Å². The van der Waals surface area contributed by atoms with Gasteiger partial charge >= 0.3 is 0 Å². The molecule has 1 heterocycles. The van der Waals surface area contributed by atoms with Crippen molar-refractivity contribution in [2.24, 2.45) is 13.0 Å². The van der Waals surface area contributed by atoms with Crippen LogP contribution in [0.2, 0.25) is 0 Å². The highest BCUT2D eigenvalue weighted by molar-refractivity contribution is 7.99. The van der Waals surface area contributed by atoms with E-state index in [1.165, 1.54) is 11.8 Å². The van der Waals surface area contributed by atoms with Crippen molar-refractivity contribution in [3.05, 3.63) is 12.4 Å². The van der Waals surface area contributed by atoms with Crippen LogP contribution in [0.15, 0.2) is 17.6 Å². The molecule has 1 N–H and O–H groups in total. The van der Waals surface area contributed by atoms with E-state index in [4.69, 9.17) is 4.74 Å². The van der Waals surface area contributed by atoms with Gasteiger partial charge in [-0.3, -0.25) is 4.79 Å². The van der Waals surface area contributed by atoms with Crippen LogP contribution < -0.4 is 5.32 Å². The molecule has 0 radical (unpaired) electrons. The Bertz CT molecular complexity index is 380. The summed E-state index contributed by atoms with van der Waals surface area (Å²) < 4.78 is 7.32. The fraction of sp³-hybridized carbons (Fsp3) is 0.692. The average molecular weight is 285 g/mol. The van der Waals surface area contributed by atoms with E-state index in [0.717, 1.165) is 18.2 Å². The van der Waals surface area contributed by atoms with Crippen LogP contribution in [0.4, 0.5) is 0 Å². The number of aromatic nitrogens is 2. The number of amides is 1. The van der Waals surface area contributed by atoms with Gasteiger partial charge in [-0.1, -0.05) is 25.6 Å². The van der Waals surface area contributed by atoms with Crippen molar-refractivity contribution in [1.29, 1.82) is 0 Å². The van der Waals surface area contributed by atoms with Gasteiger partial charge in [-0.05, 0) is 12.3 Å². The lowest BCUT2D eigenvalue weighted by molar-refractivity contribution is -0.118. The zero-order chi connectivity index (χ0) is 14.1. The third kappa shape index (κ3) is 7.22. The summed E-state index contributed by atoms with van der Waals surface area (Å²) in [7, 11) is 1.91. The van der Waals surface area contributed by atoms with Gasteiger partial charge in [0.15, 0.2) is 5.16 Å². The van der Waals surface area contributed by atoms with Crippen LogP contribution in [0.25, 0.3) is 0 Å². The highest BCUT2D eigenvalue weighted by atomic mass is 32.2. The highest BCUT2D eigenvalue weighted by Gasteiger charge is 2.05. The monoisotopic (exact) mass is 285 g/mol. The van der Waals surface area contributed by atoms with Gasteiger partial charge < -0.3 is 14.6 Å². The van der Waals surface area contributed by atoms with Gasteiger partial charge in [-0.15, -0.1) is 0 Å². The largest absolute Gasteiger partial charge is 0.380 e. The van der Waals surface area contributed by atoms with Gasteiger partial charge in [0, 0.05) is 32.6 Å². The maximum Gasteiger partial charge on any atom is 0.230 e. The molecule has 1 rings (SSSR count). The minimum Gasteiger partial charge on any atom is -0.380 e. The van der Waals surface area contributed by atoms with Gasteiger partial charge in [0.25, 0.3) is 0 Å². The van der Waals surface area contributed by atoms with Crippen LogP contribution >= 0.6 is 11.8 Å². The Morgan fingerprint density at radius 3 is 2.95 bits per heavy atom. The summed E-state index contributed by atoms with van der Waals surface area (Å²) in [5.41, 5.74) is 0. The molecule has 0 fully saturated rings. The van der Waals surface area contributed by atoms with E-state index < -0.39 is 0 Å². The maximum atomic E-state index is 11.6. The third-order valence-corrected chi connectivity index (χ3v) is 3.58. The predicted octanol–water partition coefficient (Wildman–Crippen LogP) is 1.69. The molecule has 0 unspecified atom stereocenters. The van der Waals surface area contributed by atoms with Crippen LogP contribution in [-0.4, -0.2) is 41.0 Å². The molecule has 1 aromatic rings. The normalized spacial score (nSPS) is 10.9. The number of carbonyl (C=O) groups excluding carboxylic acids is 1.